The van der Waals surface area contributed by atoms with Crippen LogP contribution < -0.4 is 15.6 Å². The third-order valence-corrected chi connectivity index (χ3v) is 7.56. The van der Waals surface area contributed by atoms with E-state index >= 15 is 0 Å². The summed E-state index contributed by atoms with van der Waals surface area (Å²) in [5.41, 5.74) is 4.04. The second kappa shape index (κ2) is 10.2. The molecule has 0 aliphatic carbocycles. The Kier molecular flexibility index (Phi) is 7.18. The largest absolute Gasteiger partial charge is 0.478 e. The molecule has 2 aromatic heterocycles. The number of fused-ring (bicyclic) bond motifs is 1. The van der Waals surface area contributed by atoms with E-state index in [-0.39, 0.29) is 22.2 Å². The van der Waals surface area contributed by atoms with Crippen LogP contribution in [0.2, 0.25) is 0 Å². The summed E-state index contributed by atoms with van der Waals surface area (Å²) in [5.74, 6) is -3.66. The fraction of sp³-hybridized carbons (Fsp3) is 0.318. The van der Waals surface area contributed by atoms with E-state index in [1.54, 1.807) is 12.4 Å². The van der Waals surface area contributed by atoms with Gasteiger partial charge in [-0.1, -0.05) is 11.2 Å². The van der Waals surface area contributed by atoms with Crippen molar-refractivity contribution in [3.63, 3.8) is 0 Å². The number of oxime groups is 1. The number of aromatic nitrogens is 2. The van der Waals surface area contributed by atoms with E-state index in [1.165, 1.54) is 35.9 Å². The van der Waals surface area contributed by atoms with Crippen molar-refractivity contribution in [2.75, 3.05) is 11.5 Å². The molecular weight excluding hydrogens is 524 g/mol. The molecule has 0 bridgehead atoms. The molecule has 13 nitrogen and oxygen atoms in total. The highest BCUT2D eigenvalue weighted by molar-refractivity contribution is 8.00. The van der Waals surface area contributed by atoms with Crippen LogP contribution in [0.1, 0.15) is 19.5 Å². The molecule has 2 atom stereocenters. The van der Waals surface area contributed by atoms with Gasteiger partial charge in [0, 0.05) is 28.8 Å². The molecule has 0 radical (unpaired) electrons. The van der Waals surface area contributed by atoms with E-state index in [1.807, 2.05) is 22.8 Å². The maximum absolute atomic E-state index is 13.1. The number of rotatable bonds is 9. The topological polar surface area (TPSA) is 188 Å². The summed E-state index contributed by atoms with van der Waals surface area (Å²) in [6.45, 7) is 2.80. The van der Waals surface area contributed by atoms with Gasteiger partial charge in [0.1, 0.15) is 22.8 Å². The molecule has 15 heteroatoms. The zero-order chi connectivity index (χ0) is 26.9. The molecule has 5 N–H and O–H groups in total. The number of anilines is 1. The Bertz CT molecular complexity index is 1320. The van der Waals surface area contributed by atoms with E-state index in [0.29, 0.717) is 17.9 Å². The number of hydrogen-bond donors (Lipinski definition) is 4. The average molecular weight is 548 g/mol. The molecule has 194 valence electrons. The predicted octanol–water partition coefficient (Wildman–Crippen LogP) is 0.0355. The number of aliphatic carboxylic acids is 2. The number of carboxylic acids is 2. The molecule has 2 aliphatic rings. The van der Waals surface area contributed by atoms with E-state index in [9.17, 15) is 29.4 Å². The summed E-state index contributed by atoms with van der Waals surface area (Å²) < 4.78 is 1.81. The number of carbonyl (C=O) groups excluding carboxylic acids is 2. The first-order valence-corrected chi connectivity index (χ1v) is 12.8. The van der Waals surface area contributed by atoms with Crippen molar-refractivity contribution in [1.82, 2.24) is 15.2 Å². The first-order chi connectivity index (χ1) is 17.5. The first kappa shape index (κ1) is 26.1. The number of carboxylic acid groups (broad SMARTS) is 2. The summed E-state index contributed by atoms with van der Waals surface area (Å²) >= 11 is 2.35. The number of nitrogens with zero attached hydrogens (tertiary/aromatic N) is 4. The van der Waals surface area contributed by atoms with Crippen molar-refractivity contribution < 1.29 is 38.8 Å². The van der Waals surface area contributed by atoms with Gasteiger partial charge in [0.2, 0.25) is 5.60 Å². The van der Waals surface area contributed by atoms with Gasteiger partial charge in [0.25, 0.3) is 11.8 Å². The highest BCUT2D eigenvalue weighted by Gasteiger charge is 2.54. The molecule has 4 heterocycles. The van der Waals surface area contributed by atoms with Crippen molar-refractivity contribution in [3.05, 3.63) is 52.9 Å². The number of nitrogen functional groups attached to an aromatic ring is 1. The zero-order valence-corrected chi connectivity index (χ0v) is 21.3. The number of thioether (sulfide) groups is 1. The monoisotopic (exact) mass is 547 g/mol. The van der Waals surface area contributed by atoms with E-state index in [0.717, 1.165) is 11.3 Å². The van der Waals surface area contributed by atoms with Crippen LogP contribution in [0.15, 0.2) is 52.4 Å². The van der Waals surface area contributed by atoms with Crippen LogP contribution in [-0.2, 0) is 30.6 Å². The van der Waals surface area contributed by atoms with Crippen LogP contribution in [0.4, 0.5) is 5.13 Å². The smallest absolute Gasteiger partial charge is 0.352 e. The number of nitrogens with one attached hydrogen (secondary N) is 1. The van der Waals surface area contributed by atoms with Gasteiger partial charge in [-0.2, -0.15) is 0 Å². The van der Waals surface area contributed by atoms with Gasteiger partial charge < -0.3 is 26.1 Å². The summed E-state index contributed by atoms with van der Waals surface area (Å²) in [6.07, 6.45) is 3.59. The Balaban J connectivity index is 1.55. The molecule has 0 unspecified atom stereocenters. The van der Waals surface area contributed by atoms with Crippen LogP contribution in [-0.4, -0.2) is 72.3 Å². The van der Waals surface area contributed by atoms with E-state index in [4.69, 9.17) is 10.6 Å². The highest BCUT2D eigenvalue weighted by atomic mass is 32.2. The second-order valence-corrected chi connectivity index (χ2v) is 10.6. The lowest BCUT2D eigenvalue weighted by Gasteiger charge is -2.49. The SMILES string of the molecule is CC(C)(O/N=C(/C(=O)N[C@@H]1C(=O)N2C(C(=O)O)=C(C[n+]3ccccc3)CS[C@H]12)c1csc(N)n1)C(=O)O. The summed E-state index contributed by atoms with van der Waals surface area (Å²) in [7, 11) is 0. The molecule has 4 rings (SSSR count). The third-order valence-electron chi connectivity index (χ3n) is 5.55. The second-order valence-electron chi connectivity index (χ2n) is 8.58. The summed E-state index contributed by atoms with van der Waals surface area (Å²) in [6, 6.07) is 4.44. The fourth-order valence-electron chi connectivity index (χ4n) is 3.57. The molecule has 1 saturated heterocycles. The van der Waals surface area contributed by atoms with Gasteiger partial charge >= 0.3 is 11.9 Å². The summed E-state index contributed by atoms with van der Waals surface area (Å²) in [5, 5.41) is 26.3. The van der Waals surface area contributed by atoms with Gasteiger partial charge in [-0.15, -0.1) is 23.1 Å². The number of carbonyl (C=O) groups is 4. The van der Waals surface area contributed by atoms with Crippen molar-refractivity contribution in [3.8, 4) is 0 Å². The Labute approximate surface area is 218 Å². The molecule has 0 spiro atoms. The minimum absolute atomic E-state index is 0.0365. The van der Waals surface area contributed by atoms with Crippen LogP contribution in [0.3, 0.4) is 0 Å². The maximum Gasteiger partial charge on any atom is 0.352 e. The first-order valence-electron chi connectivity index (χ1n) is 10.9. The van der Waals surface area contributed by atoms with Gasteiger partial charge in [0.15, 0.2) is 29.8 Å². The predicted molar refractivity (Wildman–Crippen MR) is 132 cm³/mol. The van der Waals surface area contributed by atoms with Crippen molar-refractivity contribution in [2.45, 2.75) is 37.4 Å². The van der Waals surface area contributed by atoms with Gasteiger partial charge in [-0.05, 0) is 13.8 Å². The van der Waals surface area contributed by atoms with Crippen molar-refractivity contribution in [2.24, 2.45) is 5.16 Å². The lowest BCUT2D eigenvalue weighted by Crippen LogP contribution is -2.71. The van der Waals surface area contributed by atoms with Gasteiger partial charge in [0.05, 0.1) is 0 Å². The summed E-state index contributed by atoms with van der Waals surface area (Å²) in [4.78, 5) is 59.9. The highest BCUT2D eigenvalue weighted by Crippen LogP contribution is 2.40. The number of hydrogen-bond acceptors (Lipinski definition) is 10. The van der Waals surface area contributed by atoms with Gasteiger partial charge in [-0.25, -0.2) is 19.1 Å². The minimum atomic E-state index is -1.75. The van der Waals surface area contributed by atoms with Crippen LogP contribution in [0, 0.1) is 0 Å². The maximum atomic E-state index is 13.1. The third kappa shape index (κ3) is 5.27. The van der Waals surface area contributed by atoms with Crippen LogP contribution in [0.25, 0.3) is 0 Å². The molecule has 1 fully saturated rings. The number of thiazole rings is 1. The van der Waals surface area contributed by atoms with E-state index < -0.39 is 40.8 Å². The normalized spacial score (nSPS) is 19.7. The Hall–Kier alpha value is -3.98. The van der Waals surface area contributed by atoms with Crippen molar-refractivity contribution >= 4 is 57.7 Å². The molecule has 0 aromatic carbocycles. The van der Waals surface area contributed by atoms with Crippen LogP contribution >= 0.6 is 23.1 Å². The van der Waals surface area contributed by atoms with Crippen molar-refractivity contribution in [1.29, 1.82) is 0 Å². The zero-order valence-electron chi connectivity index (χ0n) is 19.7. The lowest BCUT2D eigenvalue weighted by atomic mass is 10.0. The van der Waals surface area contributed by atoms with E-state index in [2.05, 4.69) is 15.5 Å². The molecule has 0 saturated carbocycles. The Morgan fingerprint density at radius 3 is 2.59 bits per heavy atom. The lowest BCUT2D eigenvalue weighted by molar-refractivity contribution is -0.689. The van der Waals surface area contributed by atoms with Crippen LogP contribution in [0.5, 0.6) is 0 Å². The Morgan fingerprint density at radius 1 is 1.30 bits per heavy atom. The standard InChI is InChI=1S/C22H22N6O7S2/c1-22(2,20(33)34)35-26-13(12-10-37-21(23)24-12)16(29)25-14-17(30)28-15(19(31)32)11(9-36-18(14)28)8-27-6-4-3-5-7-27/h3-7,10,14,18H,8-9H2,1-2H3,(H4-,23,24,25,29,31,32,33,34)/p+1/b26-13+/t14-,18-/m1/s1. The number of pyridine rings is 1. The number of amides is 2. The number of nitrogens with two attached hydrogens (primary N) is 1. The quantitative estimate of drug-likeness (QED) is 0.144. The molecule has 37 heavy (non-hydrogen) atoms. The molecule has 2 aliphatic heterocycles. The minimum Gasteiger partial charge on any atom is -0.478 e. The molecule has 2 aromatic rings. The molecule has 2 amide bonds. The fourth-order valence-corrected chi connectivity index (χ4v) is 5.46. The number of β-lactam (4-membered cyclic amide) rings is 1. The van der Waals surface area contributed by atoms with Gasteiger partial charge in [-0.3, -0.25) is 14.5 Å². The average Bonchev–Trinajstić information content (AvgIpc) is 3.28. The molecular formula is C22H23N6O7S2+. The Morgan fingerprint density at radius 2 is 2.00 bits per heavy atom.